The average Bonchev–Trinajstić information content (AvgIpc) is 2.69. The summed E-state index contributed by atoms with van der Waals surface area (Å²) in [6, 6.07) is 20.4. The van der Waals surface area contributed by atoms with E-state index in [1.807, 2.05) is 18.2 Å². The lowest BCUT2D eigenvalue weighted by atomic mass is 10.0. The molecule has 27 heavy (non-hydrogen) atoms. The summed E-state index contributed by atoms with van der Waals surface area (Å²) < 4.78 is 0. The highest BCUT2D eigenvalue weighted by Gasteiger charge is 2.09. The van der Waals surface area contributed by atoms with Gasteiger partial charge in [-0.15, -0.1) is 0 Å². The molecule has 5 nitrogen and oxygen atoms in total. The van der Waals surface area contributed by atoms with Crippen molar-refractivity contribution in [1.82, 2.24) is 4.98 Å². The maximum Gasteiger partial charge on any atom is 0.257 e. The predicted molar refractivity (Wildman–Crippen MR) is 107 cm³/mol. The highest BCUT2D eigenvalue weighted by molar-refractivity contribution is 6.04. The summed E-state index contributed by atoms with van der Waals surface area (Å²) in [4.78, 5) is 16.7. The molecule has 0 atom stereocenters. The van der Waals surface area contributed by atoms with Gasteiger partial charge in [-0.25, -0.2) is 4.98 Å². The molecule has 2 aromatic carbocycles. The molecule has 3 rings (SSSR count). The van der Waals surface area contributed by atoms with Gasteiger partial charge in [0.05, 0.1) is 17.2 Å². The second-order valence-corrected chi connectivity index (χ2v) is 6.45. The first-order chi connectivity index (χ1) is 13.1. The van der Waals surface area contributed by atoms with Crippen molar-refractivity contribution in [3.63, 3.8) is 0 Å². The fraction of sp³-hybridized carbons (Fsp3) is 0.136. The Morgan fingerprint density at radius 3 is 2.59 bits per heavy atom. The molecular formula is C22H20N4O. The van der Waals surface area contributed by atoms with Crippen LogP contribution >= 0.6 is 0 Å². The largest absolute Gasteiger partial charge is 0.340 e. The van der Waals surface area contributed by atoms with Crippen LogP contribution in [0.3, 0.4) is 0 Å². The summed E-state index contributed by atoms with van der Waals surface area (Å²) in [5.74, 6) is 0.792. The van der Waals surface area contributed by atoms with E-state index in [9.17, 15) is 4.79 Å². The summed E-state index contributed by atoms with van der Waals surface area (Å²) >= 11 is 0. The number of amides is 1. The number of hydrogen-bond donors (Lipinski definition) is 2. The van der Waals surface area contributed by atoms with Gasteiger partial charge in [0.25, 0.3) is 5.91 Å². The van der Waals surface area contributed by atoms with Crippen LogP contribution in [0, 0.1) is 11.3 Å². The van der Waals surface area contributed by atoms with Crippen LogP contribution < -0.4 is 10.6 Å². The van der Waals surface area contributed by atoms with E-state index in [-0.39, 0.29) is 5.91 Å². The fourth-order valence-corrected chi connectivity index (χ4v) is 2.72. The highest BCUT2D eigenvalue weighted by atomic mass is 16.1. The van der Waals surface area contributed by atoms with Crippen molar-refractivity contribution < 1.29 is 4.79 Å². The van der Waals surface area contributed by atoms with E-state index >= 15 is 0 Å². The van der Waals surface area contributed by atoms with Gasteiger partial charge >= 0.3 is 0 Å². The standard InChI is InChI=1S/C22H20N4O/c1-15(2)19-8-3-4-9-20(19)26-21-11-10-17(14-24-21)22(27)25-18-7-5-6-16(12-18)13-23/h3-12,14-15H,1-2H3,(H,24,26)(H,25,27). The van der Waals surface area contributed by atoms with Crippen LogP contribution in [0.2, 0.25) is 0 Å². The van der Waals surface area contributed by atoms with Gasteiger partial charge in [-0.1, -0.05) is 38.1 Å². The van der Waals surface area contributed by atoms with Crippen molar-refractivity contribution >= 4 is 23.1 Å². The third kappa shape index (κ3) is 4.50. The van der Waals surface area contributed by atoms with Crippen molar-refractivity contribution in [2.75, 3.05) is 10.6 Å². The first kappa shape index (κ1) is 18.2. The van der Waals surface area contributed by atoms with Gasteiger partial charge in [-0.2, -0.15) is 5.26 Å². The van der Waals surface area contributed by atoms with E-state index in [1.54, 1.807) is 36.4 Å². The number of carbonyl (C=O) groups excluding carboxylic acids is 1. The summed E-state index contributed by atoms with van der Waals surface area (Å²) in [6.45, 7) is 4.28. The number of nitrogens with zero attached hydrogens (tertiary/aromatic N) is 2. The zero-order valence-corrected chi connectivity index (χ0v) is 15.2. The second-order valence-electron chi connectivity index (χ2n) is 6.45. The van der Waals surface area contributed by atoms with E-state index in [1.165, 1.54) is 11.8 Å². The third-order valence-corrected chi connectivity index (χ3v) is 4.12. The third-order valence-electron chi connectivity index (χ3n) is 4.12. The smallest absolute Gasteiger partial charge is 0.257 e. The minimum atomic E-state index is -0.272. The molecule has 0 saturated heterocycles. The van der Waals surface area contributed by atoms with Gasteiger partial charge in [0.15, 0.2) is 0 Å². The topological polar surface area (TPSA) is 77.8 Å². The molecule has 5 heteroatoms. The summed E-state index contributed by atoms with van der Waals surface area (Å²) in [5, 5.41) is 15.0. The molecular weight excluding hydrogens is 336 g/mol. The van der Waals surface area contributed by atoms with Crippen LogP contribution in [-0.2, 0) is 0 Å². The molecule has 1 aromatic heterocycles. The van der Waals surface area contributed by atoms with Gasteiger partial charge in [0, 0.05) is 17.6 Å². The van der Waals surface area contributed by atoms with Crippen LogP contribution in [-0.4, -0.2) is 10.9 Å². The lowest BCUT2D eigenvalue weighted by Crippen LogP contribution is -2.12. The molecule has 0 aliphatic rings. The number of para-hydroxylation sites is 1. The zero-order chi connectivity index (χ0) is 19.2. The summed E-state index contributed by atoms with van der Waals surface area (Å²) in [7, 11) is 0. The number of nitriles is 1. The summed E-state index contributed by atoms with van der Waals surface area (Å²) in [6.07, 6.45) is 1.53. The molecule has 0 saturated carbocycles. The number of anilines is 3. The Morgan fingerprint density at radius 2 is 1.89 bits per heavy atom. The minimum Gasteiger partial charge on any atom is -0.340 e. The van der Waals surface area contributed by atoms with E-state index in [4.69, 9.17) is 5.26 Å². The number of benzene rings is 2. The summed E-state index contributed by atoms with van der Waals surface area (Å²) in [5.41, 5.74) is 3.73. The zero-order valence-electron chi connectivity index (χ0n) is 15.2. The van der Waals surface area contributed by atoms with Gasteiger partial charge < -0.3 is 10.6 Å². The van der Waals surface area contributed by atoms with Crippen LogP contribution in [0.1, 0.15) is 41.3 Å². The molecule has 134 valence electrons. The Hall–Kier alpha value is -3.65. The Balaban J connectivity index is 1.72. The molecule has 0 aliphatic carbocycles. The average molecular weight is 356 g/mol. The Bertz CT molecular complexity index is 988. The van der Waals surface area contributed by atoms with Crippen molar-refractivity contribution in [3.05, 3.63) is 83.6 Å². The molecule has 2 N–H and O–H groups in total. The lowest BCUT2D eigenvalue weighted by molar-refractivity contribution is 0.102. The Labute approximate surface area is 158 Å². The van der Waals surface area contributed by atoms with Gasteiger partial charge in [-0.05, 0) is 47.9 Å². The number of pyridine rings is 1. The molecule has 3 aromatic rings. The lowest BCUT2D eigenvalue weighted by Gasteiger charge is -2.14. The molecule has 0 bridgehead atoms. The maximum atomic E-state index is 12.4. The molecule has 0 fully saturated rings. The molecule has 0 radical (unpaired) electrons. The van der Waals surface area contributed by atoms with Crippen LogP contribution in [0.4, 0.5) is 17.2 Å². The van der Waals surface area contributed by atoms with E-state index < -0.39 is 0 Å². The van der Waals surface area contributed by atoms with Crippen molar-refractivity contribution in [3.8, 4) is 6.07 Å². The second kappa shape index (κ2) is 8.15. The van der Waals surface area contributed by atoms with Crippen molar-refractivity contribution in [2.45, 2.75) is 19.8 Å². The predicted octanol–water partition coefficient (Wildman–Crippen LogP) is 5.07. The maximum absolute atomic E-state index is 12.4. The van der Waals surface area contributed by atoms with Crippen LogP contribution in [0.25, 0.3) is 0 Å². The molecule has 0 aliphatic heterocycles. The van der Waals surface area contributed by atoms with Crippen molar-refractivity contribution in [2.24, 2.45) is 0 Å². The van der Waals surface area contributed by atoms with Gasteiger partial charge in [-0.3, -0.25) is 4.79 Å². The quantitative estimate of drug-likeness (QED) is 0.669. The first-order valence-electron chi connectivity index (χ1n) is 8.70. The van der Waals surface area contributed by atoms with Crippen molar-refractivity contribution in [1.29, 1.82) is 5.26 Å². The number of nitrogens with one attached hydrogen (secondary N) is 2. The minimum absolute atomic E-state index is 0.272. The van der Waals surface area contributed by atoms with E-state index in [0.717, 1.165) is 5.69 Å². The molecule has 0 unspecified atom stereocenters. The Kier molecular flexibility index (Phi) is 5.48. The number of hydrogen-bond acceptors (Lipinski definition) is 4. The molecule has 1 heterocycles. The Morgan fingerprint density at radius 1 is 1.07 bits per heavy atom. The van der Waals surface area contributed by atoms with Crippen LogP contribution in [0.5, 0.6) is 0 Å². The normalized spacial score (nSPS) is 10.3. The van der Waals surface area contributed by atoms with Gasteiger partial charge in [0.1, 0.15) is 5.82 Å². The fourth-order valence-electron chi connectivity index (χ4n) is 2.72. The first-order valence-corrected chi connectivity index (χ1v) is 8.70. The number of carbonyl (C=O) groups is 1. The highest BCUT2D eigenvalue weighted by Crippen LogP contribution is 2.26. The van der Waals surface area contributed by atoms with Crippen LogP contribution in [0.15, 0.2) is 66.9 Å². The van der Waals surface area contributed by atoms with E-state index in [2.05, 4.69) is 41.6 Å². The SMILES string of the molecule is CC(C)c1ccccc1Nc1ccc(C(=O)Nc2cccc(C#N)c2)cn1. The van der Waals surface area contributed by atoms with Gasteiger partial charge in [0.2, 0.25) is 0 Å². The number of aromatic nitrogens is 1. The molecule has 0 spiro atoms. The molecule has 1 amide bonds. The monoisotopic (exact) mass is 356 g/mol. The number of rotatable bonds is 5. The van der Waals surface area contributed by atoms with E-state index in [0.29, 0.717) is 28.6 Å².